The Kier molecular flexibility index (Phi) is 25.2. The standard InChI is InChI=1S/C17H19N3O.C17H18N2O.C17H20O.C16H18O.C12H15N.C11H13F3/c1-12-9-13(17(2,3)4)5-6-15(12)21-14-7-8-20-16(10-14)18-11-19-20;1-17(2,3)13-4-6-14(7-5-13)20-15-8-10-19-11-9-18-16(19)12-15;1-13-12-14(17(2,3)4)10-11-16(13)18-15-8-6-5-7-9-15;1-16(2,3)13-9-11-15(12-10-13)17-14-7-5-4-6-8-14;1-12(2,3)10-5-4-9-6-7-13-11(9)8-10;1-10(2,3)8-5-4-6-9(7-8)11(12,13)14/h5-11H,1-4H3;4-12H,1-3H3;5-12H,1-4H3;4-12H,1-3H3;4-8,13H,1-3H3;4-7H,1-3H3. The number of nitrogens with one attached hydrogen (secondary N) is 1. The minimum Gasteiger partial charge on any atom is -0.457 e. The number of fused-ring (bicyclic) bond motifs is 3. The number of halogens is 3. The lowest BCUT2D eigenvalue weighted by Crippen LogP contribution is -2.13. The normalized spacial score (nSPS) is 11.8. The molecule has 0 unspecified atom stereocenters. The fourth-order valence-corrected chi connectivity index (χ4v) is 10.5. The summed E-state index contributed by atoms with van der Waals surface area (Å²) in [4.78, 5) is 11.6. The highest BCUT2D eigenvalue weighted by atomic mass is 19.4. The molecule has 0 radical (unpaired) electrons. The zero-order chi connectivity index (χ0) is 75.1. The maximum atomic E-state index is 12.4. The molecule has 538 valence electrons. The molecule has 0 aliphatic heterocycles. The molecule has 10 nitrogen and oxygen atoms in total. The third kappa shape index (κ3) is 23.6. The molecule has 13 rings (SSSR count). The van der Waals surface area contributed by atoms with Gasteiger partial charge in [-0.2, -0.15) is 18.3 Å². The van der Waals surface area contributed by atoms with Crippen molar-refractivity contribution in [1.29, 1.82) is 0 Å². The van der Waals surface area contributed by atoms with Crippen molar-refractivity contribution in [3.05, 3.63) is 306 Å². The summed E-state index contributed by atoms with van der Waals surface area (Å²) in [7, 11) is 0. The zero-order valence-electron chi connectivity index (χ0n) is 63.8. The summed E-state index contributed by atoms with van der Waals surface area (Å²) in [5.74, 6) is 6.83. The van der Waals surface area contributed by atoms with Gasteiger partial charge in [-0.15, -0.1) is 0 Å². The van der Waals surface area contributed by atoms with Crippen molar-refractivity contribution < 1.29 is 32.1 Å². The molecule has 0 bridgehead atoms. The average Bonchev–Trinajstić information content (AvgIpc) is 1.77. The van der Waals surface area contributed by atoms with E-state index < -0.39 is 11.7 Å². The van der Waals surface area contributed by atoms with Crippen LogP contribution in [0.5, 0.6) is 46.0 Å². The van der Waals surface area contributed by atoms with Crippen molar-refractivity contribution in [2.45, 2.75) is 177 Å². The maximum absolute atomic E-state index is 12.4. The Hall–Kier alpha value is -10.4. The van der Waals surface area contributed by atoms with Gasteiger partial charge in [0.25, 0.3) is 0 Å². The second-order valence-corrected chi connectivity index (χ2v) is 31.9. The smallest absolute Gasteiger partial charge is 0.416 e. The van der Waals surface area contributed by atoms with Crippen LogP contribution in [0.3, 0.4) is 0 Å². The number of aromatic amines is 1. The molecule has 0 aliphatic rings. The van der Waals surface area contributed by atoms with E-state index in [0.29, 0.717) is 5.56 Å². The SMILES string of the molecule is CC(C)(C)c1ccc(Oc2ccccc2)cc1.CC(C)(C)c1ccc(Oc2ccn3ccnc3c2)cc1.CC(C)(C)c1ccc2cc[nH]c2c1.CC(C)(C)c1cccc(C(F)(F)F)c1.Cc1cc(C(C)(C)C)ccc1Oc1ccccc1.Cc1cc(C(C)(C)C)ccc1Oc1ccn2ncnc2c1. The van der Waals surface area contributed by atoms with Crippen LogP contribution in [0.15, 0.2) is 256 Å². The van der Waals surface area contributed by atoms with E-state index in [9.17, 15) is 13.2 Å². The van der Waals surface area contributed by atoms with E-state index in [4.69, 9.17) is 18.9 Å². The number of aromatic nitrogens is 6. The number of para-hydroxylation sites is 2. The minimum atomic E-state index is -4.25. The number of ether oxygens (including phenoxy) is 4. The van der Waals surface area contributed by atoms with Gasteiger partial charge in [-0.3, -0.25) is 0 Å². The van der Waals surface area contributed by atoms with Crippen molar-refractivity contribution in [3.63, 3.8) is 0 Å². The molecule has 0 atom stereocenters. The molecule has 0 fully saturated rings. The van der Waals surface area contributed by atoms with Crippen LogP contribution in [0, 0.1) is 13.8 Å². The van der Waals surface area contributed by atoms with Gasteiger partial charge >= 0.3 is 6.18 Å². The lowest BCUT2D eigenvalue weighted by Gasteiger charge is -2.20. The van der Waals surface area contributed by atoms with Crippen LogP contribution >= 0.6 is 0 Å². The molecule has 0 aliphatic carbocycles. The number of pyridine rings is 2. The van der Waals surface area contributed by atoms with Gasteiger partial charge in [-0.05, 0) is 187 Å². The van der Waals surface area contributed by atoms with Gasteiger partial charge in [0.2, 0.25) is 0 Å². The summed E-state index contributed by atoms with van der Waals surface area (Å²) >= 11 is 0. The molecule has 103 heavy (non-hydrogen) atoms. The van der Waals surface area contributed by atoms with Gasteiger partial charge in [0, 0.05) is 48.6 Å². The number of hydrogen-bond donors (Lipinski definition) is 1. The lowest BCUT2D eigenvalue weighted by molar-refractivity contribution is -0.137. The quantitative estimate of drug-likeness (QED) is 0.162. The van der Waals surface area contributed by atoms with Gasteiger partial charge in [-0.25, -0.2) is 14.5 Å². The fourth-order valence-electron chi connectivity index (χ4n) is 10.5. The molecule has 8 aromatic carbocycles. The first-order chi connectivity index (χ1) is 48.3. The molecular formula is C90H103F3N6O4. The number of aryl methyl sites for hydroxylation is 2. The molecule has 0 saturated carbocycles. The number of imidazole rings is 1. The highest BCUT2D eigenvalue weighted by Gasteiger charge is 2.31. The molecule has 13 heteroatoms. The molecule has 0 saturated heterocycles. The number of nitrogens with zero attached hydrogens (tertiary/aromatic N) is 5. The van der Waals surface area contributed by atoms with Gasteiger partial charge in [0.1, 0.15) is 58.0 Å². The lowest BCUT2D eigenvalue weighted by atomic mass is 9.86. The topological polar surface area (TPSA) is 100 Å². The van der Waals surface area contributed by atoms with E-state index in [1.54, 1.807) is 16.8 Å². The van der Waals surface area contributed by atoms with Crippen LogP contribution in [0.1, 0.15) is 175 Å². The summed E-state index contributed by atoms with van der Waals surface area (Å²) in [6.07, 6.45) is 6.74. The first-order valence-corrected chi connectivity index (χ1v) is 35.0. The molecule has 13 aromatic rings. The molecule has 0 amide bonds. The highest BCUT2D eigenvalue weighted by Crippen LogP contribution is 2.36. The van der Waals surface area contributed by atoms with E-state index in [-0.39, 0.29) is 32.5 Å². The second kappa shape index (κ2) is 33.2. The fraction of sp³-hybridized carbons (Fsp3) is 0.300. The first-order valence-electron chi connectivity index (χ1n) is 35.0. The largest absolute Gasteiger partial charge is 0.457 e. The Labute approximate surface area is 609 Å². The second-order valence-electron chi connectivity index (χ2n) is 31.9. The third-order valence-corrected chi connectivity index (χ3v) is 17.0. The van der Waals surface area contributed by atoms with E-state index in [0.717, 1.165) is 68.9 Å². The number of H-pyrrole nitrogens is 1. The van der Waals surface area contributed by atoms with E-state index in [1.165, 1.54) is 62.7 Å². The van der Waals surface area contributed by atoms with Crippen LogP contribution < -0.4 is 18.9 Å². The van der Waals surface area contributed by atoms with Crippen LogP contribution in [-0.4, -0.2) is 29.0 Å². The molecular weight excluding hydrogens is 1290 g/mol. The summed E-state index contributed by atoms with van der Waals surface area (Å²) in [6, 6.07) is 70.8. The van der Waals surface area contributed by atoms with Crippen molar-refractivity contribution in [2.24, 2.45) is 0 Å². The van der Waals surface area contributed by atoms with Crippen molar-refractivity contribution in [2.75, 3.05) is 0 Å². The van der Waals surface area contributed by atoms with E-state index in [1.807, 2.05) is 165 Å². The highest BCUT2D eigenvalue weighted by molar-refractivity contribution is 5.80. The Morgan fingerprint density at radius 1 is 0.330 bits per heavy atom. The summed E-state index contributed by atoms with van der Waals surface area (Å²) in [5, 5.41) is 5.36. The minimum absolute atomic E-state index is 0.143. The molecule has 5 aromatic heterocycles. The van der Waals surface area contributed by atoms with Gasteiger partial charge in [0.05, 0.1) is 5.56 Å². The monoisotopic (exact) mass is 1390 g/mol. The van der Waals surface area contributed by atoms with Crippen LogP contribution in [-0.2, 0) is 38.7 Å². The summed E-state index contributed by atoms with van der Waals surface area (Å²) in [5.41, 5.74) is 12.6. The van der Waals surface area contributed by atoms with Crippen molar-refractivity contribution in [1.82, 2.24) is 29.0 Å². The molecule has 5 heterocycles. The van der Waals surface area contributed by atoms with Crippen molar-refractivity contribution >= 4 is 22.2 Å². The summed E-state index contributed by atoms with van der Waals surface area (Å²) < 4.78 is 64.2. The molecule has 0 spiro atoms. The van der Waals surface area contributed by atoms with Gasteiger partial charge < -0.3 is 28.3 Å². The van der Waals surface area contributed by atoms with Crippen molar-refractivity contribution in [3.8, 4) is 46.0 Å². The first kappa shape index (κ1) is 78.3. The number of benzene rings is 8. The average molecular weight is 1390 g/mol. The Morgan fingerprint density at radius 3 is 1.23 bits per heavy atom. The molecule has 1 N–H and O–H groups in total. The zero-order valence-corrected chi connectivity index (χ0v) is 63.8. The Morgan fingerprint density at radius 2 is 0.738 bits per heavy atom. The Balaban J connectivity index is 0.000000158. The van der Waals surface area contributed by atoms with Gasteiger partial charge in [-0.1, -0.05) is 240 Å². The summed E-state index contributed by atoms with van der Waals surface area (Å²) in [6.45, 7) is 43.1. The Bertz CT molecular complexity index is 4770. The van der Waals surface area contributed by atoms with E-state index in [2.05, 4.69) is 217 Å². The van der Waals surface area contributed by atoms with Crippen LogP contribution in [0.25, 0.3) is 22.2 Å². The van der Waals surface area contributed by atoms with Crippen LogP contribution in [0.2, 0.25) is 0 Å². The number of rotatable bonds is 8. The number of hydrogen-bond acceptors (Lipinski definition) is 7. The van der Waals surface area contributed by atoms with Crippen LogP contribution in [0.4, 0.5) is 13.2 Å². The predicted molar refractivity (Wildman–Crippen MR) is 419 cm³/mol. The number of alkyl halides is 3. The predicted octanol–water partition coefficient (Wildman–Crippen LogP) is 25.9. The van der Waals surface area contributed by atoms with E-state index >= 15 is 0 Å². The van der Waals surface area contributed by atoms with Gasteiger partial charge in [0.15, 0.2) is 5.65 Å². The third-order valence-electron chi connectivity index (χ3n) is 17.0. The maximum Gasteiger partial charge on any atom is 0.416 e.